The van der Waals surface area contributed by atoms with Gasteiger partial charge in [-0.1, -0.05) is 11.6 Å². The second-order valence-electron chi connectivity index (χ2n) is 3.82. The van der Waals surface area contributed by atoms with E-state index in [1.165, 1.54) is 25.3 Å². The van der Waals surface area contributed by atoms with Crippen molar-refractivity contribution in [1.82, 2.24) is 5.32 Å². The van der Waals surface area contributed by atoms with Crippen molar-refractivity contribution in [2.24, 2.45) is 0 Å². The van der Waals surface area contributed by atoms with E-state index in [0.717, 1.165) is 6.26 Å². The van der Waals surface area contributed by atoms with E-state index in [4.69, 9.17) is 16.3 Å². The van der Waals surface area contributed by atoms with Crippen LogP contribution in [-0.2, 0) is 14.8 Å². The molecule has 19 heavy (non-hydrogen) atoms. The van der Waals surface area contributed by atoms with E-state index in [0.29, 0.717) is 18.8 Å². The molecule has 1 aromatic carbocycles. The van der Waals surface area contributed by atoms with E-state index < -0.39 is 10.0 Å². The van der Waals surface area contributed by atoms with E-state index in [-0.39, 0.29) is 16.5 Å². The molecule has 0 aliphatic heterocycles. The molecule has 0 aromatic heterocycles. The predicted octanol–water partition coefficient (Wildman–Crippen LogP) is 1.09. The molecule has 8 heteroatoms. The topological polar surface area (TPSA) is 84.5 Å². The lowest BCUT2D eigenvalue weighted by Gasteiger charge is -2.08. The molecular formula is C11H15ClN2O4S. The normalized spacial score (nSPS) is 11.1. The van der Waals surface area contributed by atoms with Crippen molar-refractivity contribution in [3.63, 3.8) is 0 Å². The maximum atomic E-state index is 11.7. The van der Waals surface area contributed by atoms with Crippen LogP contribution < -0.4 is 10.0 Å². The zero-order valence-electron chi connectivity index (χ0n) is 10.6. The molecule has 0 unspecified atom stereocenters. The number of carbonyl (C=O) groups excluding carboxylic acids is 1. The lowest BCUT2D eigenvalue weighted by molar-refractivity contribution is 0.0937. The third kappa shape index (κ3) is 5.46. The quantitative estimate of drug-likeness (QED) is 0.771. The number of rotatable bonds is 6. The van der Waals surface area contributed by atoms with E-state index in [9.17, 15) is 13.2 Å². The summed E-state index contributed by atoms with van der Waals surface area (Å²) in [6.45, 7) is 0.770. The average molecular weight is 307 g/mol. The average Bonchev–Trinajstić information content (AvgIpc) is 2.27. The number of hydrogen-bond acceptors (Lipinski definition) is 4. The van der Waals surface area contributed by atoms with Gasteiger partial charge < -0.3 is 10.1 Å². The minimum Gasteiger partial charge on any atom is -0.383 e. The molecule has 2 N–H and O–H groups in total. The summed E-state index contributed by atoms with van der Waals surface area (Å²) >= 11 is 5.94. The molecule has 1 amide bonds. The van der Waals surface area contributed by atoms with E-state index in [2.05, 4.69) is 10.0 Å². The Bertz CT molecular complexity index is 560. The van der Waals surface area contributed by atoms with Crippen molar-refractivity contribution in [2.45, 2.75) is 0 Å². The first-order chi connectivity index (χ1) is 8.83. The summed E-state index contributed by atoms with van der Waals surface area (Å²) in [6, 6.07) is 4.31. The number of carbonyl (C=O) groups is 1. The number of ether oxygens (including phenoxy) is 1. The highest BCUT2D eigenvalue weighted by Gasteiger charge is 2.11. The molecule has 0 heterocycles. The van der Waals surface area contributed by atoms with Crippen LogP contribution in [0.3, 0.4) is 0 Å². The number of benzene rings is 1. The monoisotopic (exact) mass is 306 g/mol. The molecular weight excluding hydrogens is 292 g/mol. The van der Waals surface area contributed by atoms with Crippen LogP contribution in [0.1, 0.15) is 10.4 Å². The van der Waals surface area contributed by atoms with Crippen LogP contribution in [0.15, 0.2) is 18.2 Å². The van der Waals surface area contributed by atoms with Gasteiger partial charge in [-0.05, 0) is 18.2 Å². The SMILES string of the molecule is COCCNC(=O)c1ccc(NS(C)(=O)=O)cc1Cl. The van der Waals surface area contributed by atoms with E-state index in [1.54, 1.807) is 0 Å². The molecule has 0 spiro atoms. The van der Waals surface area contributed by atoms with E-state index >= 15 is 0 Å². The van der Waals surface area contributed by atoms with Gasteiger partial charge in [-0.2, -0.15) is 0 Å². The highest BCUT2D eigenvalue weighted by molar-refractivity contribution is 7.92. The minimum absolute atomic E-state index is 0.170. The van der Waals surface area contributed by atoms with Gasteiger partial charge in [-0.25, -0.2) is 8.42 Å². The van der Waals surface area contributed by atoms with Gasteiger partial charge in [0.2, 0.25) is 10.0 Å². The van der Waals surface area contributed by atoms with Crippen molar-refractivity contribution in [3.8, 4) is 0 Å². The van der Waals surface area contributed by atoms with Crippen molar-refractivity contribution >= 4 is 33.2 Å². The van der Waals surface area contributed by atoms with Gasteiger partial charge in [0.1, 0.15) is 0 Å². The first-order valence-electron chi connectivity index (χ1n) is 5.38. The molecule has 1 aromatic rings. The maximum Gasteiger partial charge on any atom is 0.252 e. The number of methoxy groups -OCH3 is 1. The Hall–Kier alpha value is -1.31. The molecule has 6 nitrogen and oxygen atoms in total. The summed E-state index contributed by atoms with van der Waals surface area (Å²) in [6.07, 6.45) is 1.03. The Morgan fingerprint density at radius 3 is 2.63 bits per heavy atom. The van der Waals surface area contributed by atoms with Crippen molar-refractivity contribution < 1.29 is 17.9 Å². The van der Waals surface area contributed by atoms with Crippen molar-refractivity contribution in [3.05, 3.63) is 28.8 Å². The highest BCUT2D eigenvalue weighted by Crippen LogP contribution is 2.21. The van der Waals surface area contributed by atoms with Gasteiger partial charge in [0.25, 0.3) is 5.91 Å². The largest absolute Gasteiger partial charge is 0.383 e. The van der Waals surface area contributed by atoms with Gasteiger partial charge in [0.15, 0.2) is 0 Å². The standard InChI is InChI=1S/C11H15ClN2O4S/c1-18-6-5-13-11(15)9-4-3-8(7-10(9)12)14-19(2,16)17/h3-4,7,14H,5-6H2,1-2H3,(H,13,15). The minimum atomic E-state index is -3.37. The first kappa shape index (κ1) is 15.7. The molecule has 0 saturated heterocycles. The highest BCUT2D eigenvalue weighted by atomic mass is 35.5. The van der Waals surface area contributed by atoms with Gasteiger partial charge in [-0.3, -0.25) is 9.52 Å². The lowest BCUT2D eigenvalue weighted by Crippen LogP contribution is -2.27. The Balaban J connectivity index is 2.79. The van der Waals surface area contributed by atoms with Crippen LogP contribution in [0.2, 0.25) is 5.02 Å². The van der Waals surface area contributed by atoms with Gasteiger partial charge >= 0.3 is 0 Å². The molecule has 0 aliphatic carbocycles. The van der Waals surface area contributed by atoms with Gasteiger partial charge in [0.05, 0.1) is 23.4 Å². The fourth-order valence-electron chi connectivity index (χ4n) is 1.34. The second-order valence-corrected chi connectivity index (χ2v) is 5.97. The number of sulfonamides is 1. The second kappa shape index (κ2) is 6.74. The molecule has 0 fully saturated rings. The summed E-state index contributed by atoms with van der Waals surface area (Å²) < 4.78 is 29.2. The Morgan fingerprint density at radius 1 is 1.42 bits per heavy atom. The molecule has 106 valence electrons. The van der Waals surface area contributed by atoms with Crippen LogP contribution in [-0.4, -0.2) is 40.8 Å². The molecule has 0 atom stereocenters. The van der Waals surface area contributed by atoms with Crippen molar-refractivity contribution in [1.29, 1.82) is 0 Å². The third-order valence-electron chi connectivity index (χ3n) is 2.11. The molecule has 1 rings (SSSR count). The van der Waals surface area contributed by atoms with Crippen LogP contribution in [0.25, 0.3) is 0 Å². The first-order valence-corrected chi connectivity index (χ1v) is 7.65. The zero-order chi connectivity index (χ0) is 14.5. The lowest BCUT2D eigenvalue weighted by atomic mass is 10.2. The fourth-order valence-corrected chi connectivity index (χ4v) is 2.16. The fraction of sp³-hybridized carbons (Fsp3) is 0.364. The van der Waals surface area contributed by atoms with Crippen molar-refractivity contribution in [2.75, 3.05) is 31.2 Å². The number of amides is 1. The summed E-state index contributed by atoms with van der Waals surface area (Å²) in [5, 5.41) is 2.79. The Kier molecular flexibility index (Phi) is 5.59. The molecule has 0 radical (unpaired) electrons. The number of anilines is 1. The van der Waals surface area contributed by atoms with E-state index in [1.807, 2.05) is 0 Å². The number of halogens is 1. The molecule has 0 bridgehead atoms. The summed E-state index contributed by atoms with van der Waals surface area (Å²) in [7, 11) is -1.84. The van der Waals surface area contributed by atoms with Crippen LogP contribution >= 0.6 is 11.6 Å². The summed E-state index contributed by atoms with van der Waals surface area (Å²) in [4.78, 5) is 11.7. The third-order valence-corrected chi connectivity index (χ3v) is 3.03. The Labute approximate surface area is 117 Å². The van der Waals surface area contributed by atoms with Crippen LogP contribution in [0, 0.1) is 0 Å². The predicted molar refractivity (Wildman–Crippen MR) is 74.1 cm³/mol. The van der Waals surface area contributed by atoms with Gasteiger partial charge in [-0.15, -0.1) is 0 Å². The summed E-state index contributed by atoms with van der Waals surface area (Å²) in [5.74, 6) is -0.340. The Morgan fingerprint density at radius 2 is 2.11 bits per heavy atom. The van der Waals surface area contributed by atoms with Gasteiger partial charge in [0, 0.05) is 19.3 Å². The molecule has 0 saturated carbocycles. The van der Waals surface area contributed by atoms with Crippen LogP contribution in [0.4, 0.5) is 5.69 Å². The maximum absolute atomic E-state index is 11.7. The summed E-state index contributed by atoms with van der Waals surface area (Å²) in [5.41, 5.74) is 0.581. The number of nitrogens with one attached hydrogen (secondary N) is 2. The van der Waals surface area contributed by atoms with Crippen LogP contribution in [0.5, 0.6) is 0 Å². The number of hydrogen-bond donors (Lipinski definition) is 2. The zero-order valence-corrected chi connectivity index (χ0v) is 12.1. The molecule has 0 aliphatic rings. The smallest absolute Gasteiger partial charge is 0.252 e.